The summed E-state index contributed by atoms with van der Waals surface area (Å²) in [5, 5.41) is 5.96. The Labute approximate surface area is 244 Å². The highest BCUT2D eigenvalue weighted by molar-refractivity contribution is 6.13. The molecule has 1 aliphatic carbocycles. The van der Waals surface area contributed by atoms with Gasteiger partial charge in [-0.2, -0.15) is 0 Å². The number of nitrogens with one attached hydrogen (secondary N) is 1. The summed E-state index contributed by atoms with van der Waals surface area (Å²) in [6.45, 7) is 0. The molecule has 2 unspecified atom stereocenters. The third kappa shape index (κ3) is 4.53. The molecule has 0 spiro atoms. The Morgan fingerprint density at radius 1 is 0.762 bits per heavy atom. The quantitative estimate of drug-likeness (QED) is 0.176. The van der Waals surface area contributed by atoms with E-state index >= 15 is 0 Å². The van der Waals surface area contributed by atoms with Crippen LogP contribution < -0.4 is 14.8 Å². The highest BCUT2D eigenvalue weighted by Gasteiger charge is 2.38. The summed E-state index contributed by atoms with van der Waals surface area (Å²) in [4.78, 5) is 26.8. The predicted molar refractivity (Wildman–Crippen MR) is 165 cm³/mol. The highest BCUT2D eigenvalue weighted by Crippen LogP contribution is 2.51. The number of ether oxygens (including phenoxy) is 2. The van der Waals surface area contributed by atoms with Gasteiger partial charge in [-0.1, -0.05) is 84.9 Å². The molecule has 1 N–H and O–H groups in total. The van der Waals surface area contributed by atoms with Crippen LogP contribution in [-0.2, 0) is 4.79 Å². The summed E-state index contributed by atoms with van der Waals surface area (Å²) in [5.41, 5.74) is 6.49. The standard InChI is InChI=1S/C37H29NO4/c1-41-33-22-26(17-19-32(33)42-37(40)25-13-6-3-7-14-25)36-35-29(20-27(21-31(35)39)23-10-4-2-5-11-23)34-28-15-9-8-12-24(28)16-18-30(34)38-36/h2-19,22,27,36,38H,20-21H2,1H3. The van der Waals surface area contributed by atoms with Gasteiger partial charge in [-0.3, -0.25) is 4.79 Å². The summed E-state index contributed by atoms with van der Waals surface area (Å²) in [6.07, 6.45) is 1.22. The number of esters is 1. The van der Waals surface area contributed by atoms with E-state index in [1.165, 1.54) is 5.56 Å². The second-order valence-electron chi connectivity index (χ2n) is 10.8. The Morgan fingerprint density at radius 2 is 1.50 bits per heavy atom. The lowest BCUT2D eigenvalue weighted by molar-refractivity contribution is -0.116. The van der Waals surface area contributed by atoms with Crippen molar-refractivity contribution < 1.29 is 19.1 Å². The topological polar surface area (TPSA) is 64.6 Å². The summed E-state index contributed by atoms with van der Waals surface area (Å²) >= 11 is 0. The van der Waals surface area contributed by atoms with Gasteiger partial charge in [0.25, 0.3) is 0 Å². The molecule has 1 heterocycles. The lowest BCUT2D eigenvalue weighted by Gasteiger charge is -2.37. The summed E-state index contributed by atoms with van der Waals surface area (Å²) in [6, 6.07) is 36.9. The SMILES string of the molecule is COc1cc(C2Nc3ccc4ccccc4c3C3=C2C(=O)CC(c2ccccc2)C3)ccc1OC(=O)c1ccccc1. The van der Waals surface area contributed by atoms with Crippen LogP contribution in [0, 0.1) is 0 Å². The van der Waals surface area contributed by atoms with E-state index in [-0.39, 0.29) is 17.7 Å². The Kier molecular flexibility index (Phi) is 6.55. The van der Waals surface area contributed by atoms with Crippen molar-refractivity contribution in [2.45, 2.75) is 24.8 Å². The van der Waals surface area contributed by atoms with E-state index in [9.17, 15) is 9.59 Å². The van der Waals surface area contributed by atoms with Gasteiger partial charge in [-0.05, 0) is 70.1 Å². The van der Waals surface area contributed by atoms with Gasteiger partial charge in [0, 0.05) is 23.2 Å². The van der Waals surface area contributed by atoms with E-state index in [1.54, 1.807) is 37.4 Å². The van der Waals surface area contributed by atoms with Gasteiger partial charge < -0.3 is 14.8 Å². The van der Waals surface area contributed by atoms with E-state index < -0.39 is 5.97 Å². The normalized spacial score (nSPS) is 17.7. The Bertz CT molecular complexity index is 1860. The fraction of sp³-hybridized carbons (Fsp3) is 0.135. The molecule has 0 radical (unpaired) electrons. The molecule has 1 aliphatic heterocycles. The average molecular weight is 552 g/mol. The highest BCUT2D eigenvalue weighted by atomic mass is 16.6. The number of ketones is 1. The predicted octanol–water partition coefficient (Wildman–Crippen LogP) is 8.13. The van der Waals surface area contributed by atoms with Crippen LogP contribution in [0.25, 0.3) is 16.3 Å². The lowest BCUT2D eigenvalue weighted by Crippen LogP contribution is -2.29. The van der Waals surface area contributed by atoms with Gasteiger partial charge in [0.15, 0.2) is 17.3 Å². The van der Waals surface area contributed by atoms with Crippen LogP contribution in [0.3, 0.4) is 0 Å². The maximum atomic E-state index is 14.1. The number of anilines is 1. The summed E-state index contributed by atoms with van der Waals surface area (Å²) < 4.78 is 11.4. The van der Waals surface area contributed by atoms with Gasteiger partial charge in [0.05, 0.1) is 18.7 Å². The van der Waals surface area contributed by atoms with E-state index in [0.717, 1.165) is 45.2 Å². The van der Waals surface area contributed by atoms with Crippen LogP contribution in [0.5, 0.6) is 11.5 Å². The minimum Gasteiger partial charge on any atom is -0.493 e. The Balaban J connectivity index is 1.32. The van der Waals surface area contributed by atoms with Crippen LogP contribution in [0.2, 0.25) is 0 Å². The molecule has 0 bridgehead atoms. The number of rotatable bonds is 5. The van der Waals surface area contributed by atoms with Crippen LogP contribution in [-0.4, -0.2) is 18.9 Å². The largest absolute Gasteiger partial charge is 0.493 e. The number of methoxy groups -OCH3 is 1. The van der Waals surface area contributed by atoms with Gasteiger partial charge in [-0.25, -0.2) is 4.79 Å². The number of carbonyl (C=O) groups is 2. The molecule has 0 amide bonds. The fourth-order valence-corrected chi connectivity index (χ4v) is 6.34. The number of allylic oxidation sites excluding steroid dienone is 1. The smallest absolute Gasteiger partial charge is 0.343 e. The second-order valence-corrected chi connectivity index (χ2v) is 10.8. The van der Waals surface area contributed by atoms with Gasteiger partial charge in [0.1, 0.15) is 0 Å². The van der Waals surface area contributed by atoms with Gasteiger partial charge in [-0.15, -0.1) is 0 Å². The zero-order chi connectivity index (χ0) is 28.6. The van der Waals surface area contributed by atoms with Crippen molar-refractivity contribution in [3.8, 4) is 11.5 Å². The van der Waals surface area contributed by atoms with E-state index in [1.807, 2.05) is 42.5 Å². The molecule has 42 heavy (non-hydrogen) atoms. The number of benzene rings is 5. The minimum atomic E-state index is -0.461. The fourth-order valence-electron chi connectivity index (χ4n) is 6.34. The molecule has 2 aliphatic rings. The molecular formula is C37H29NO4. The third-order valence-electron chi connectivity index (χ3n) is 8.33. The first-order valence-electron chi connectivity index (χ1n) is 14.2. The Morgan fingerprint density at radius 3 is 2.29 bits per heavy atom. The van der Waals surface area contributed by atoms with Crippen molar-refractivity contribution in [3.05, 3.63) is 143 Å². The van der Waals surface area contributed by atoms with Crippen molar-refractivity contribution >= 4 is 33.8 Å². The van der Waals surface area contributed by atoms with Gasteiger partial charge >= 0.3 is 5.97 Å². The van der Waals surface area contributed by atoms with E-state index in [4.69, 9.17) is 9.47 Å². The van der Waals surface area contributed by atoms with Gasteiger partial charge in [0.2, 0.25) is 0 Å². The molecule has 0 saturated carbocycles. The van der Waals surface area contributed by atoms with Crippen molar-refractivity contribution in [1.29, 1.82) is 0 Å². The lowest BCUT2D eigenvalue weighted by atomic mass is 9.71. The number of carbonyl (C=O) groups excluding carboxylic acids is 2. The maximum Gasteiger partial charge on any atom is 0.343 e. The monoisotopic (exact) mass is 551 g/mol. The number of hydrogen-bond donors (Lipinski definition) is 1. The van der Waals surface area contributed by atoms with Crippen molar-refractivity contribution in [1.82, 2.24) is 0 Å². The first kappa shape index (κ1) is 25.8. The number of Topliss-reactive ketones (excluding diaryl/α,β-unsaturated/α-hetero) is 1. The first-order chi connectivity index (χ1) is 20.6. The first-order valence-corrected chi connectivity index (χ1v) is 14.2. The molecule has 5 aromatic carbocycles. The minimum absolute atomic E-state index is 0.109. The Hall–Kier alpha value is -5.16. The van der Waals surface area contributed by atoms with Crippen molar-refractivity contribution in [3.63, 3.8) is 0 Å². The molecule has 2 atom stereocenters. The molecular weight excluding hydrogens is 522 g/mol. The second kappa shape index (κ2) is 10.7. The molecule has 5 heteroatoms. The zero-order valence-electron chi connectivity index (χ0n) is 23.2. The molecule has 0 fully saturated rings. The maximum absolute atomic E-state index is 14.1. The van der Waals surface area contributed by atoms with E-state index in [2.05, 4.69) is 47.8 Å². The summed E-state index contributed by atoms with van der Waals surface area (Å²) in [7, 11) is 1.55. The molecule has 0 aromatic heterocycles. The molecule has 5 nitrogen and oxygen atoms in total. The number of fused-ring (bicyclic) bond motifs is 4. The van der Waals surface area contributed by atoms with E-state index in [0.29, 0.717) is 23.5 Å². The van der Waals surface area contributed by atoms with Crippen LogP contribution in [0.4, 0.5) is 5.69 Å². The third-order valence-corrected chi connectivity index (χ3v) is 8.33. The molecule has 7 rings (SSSR count). The summed E-state index contributed by atoms with van der Waals surface area (Å²) in [5.74, 6) is 0.538. The van der Waals surface area contributed by atoms with Crippen LogP contribution >= 0.6 is 0 Å². The van der Waals surface area contributed by atoms with Crippen LogP contribution in [0.15, 0.2) is 121 Å². The average Bonchev–Trinajstić information content (AvgIpc) is 3.05. The molecule has 5 aromatic rings. The van der Waals surface area contributed by atoms with Crippen LogP contribution in [0.1, 0.15) is 51.8 Å². The van der Waals surface area contributed by atoms with Crippen molar-refractivity contribution in [2.24, 2.45) is 0 Å². The molecule has 206 valence electrons. The molecule has 0 saturated heterocycles. The zero-order valence-corrected chi connectivity index (χ0v) is 23.2. The van der Waals surface area contributed by atoms with Crippen molar-refractivity contribution in [2.75, 3.05) is 12.4 Å². The number of hydrogen-bond acceptors (Lipinski definition) is 5.